The van der Waals surface area contributed by atoms with Gasteiger partial charge in [-0.05, 0) is 37.3 Å². The highest BCUT2D eigenvalue weighted by molar-refractivity contribution is 7.16. The van der Waals surface area contributed by atoms with Crippen molar-refractivity contribution in [3.05, 3.63) is 90.7 Å². The molecule has 2 aromatic carbocycles. The van der Waals surface area contributed by atoms with E-state index in [9.17, 15) is 24.5 Å². The van der Waals surface area contributed by atoms with E-state index in [2.05, 4.69) is 10.4 Å². The first-order valence-corrected chi connectivity index (χ1v) is 11.1. The standard InChI is InChI=1S/C22H15ClN4O6S/c1-2-33-22(30)18-16-11-34-20(24-19(28)12-4-3-5-15(10-12)27(31)32)17(16)21(29)26(25-18)14-8-6-13(23)7-9-14/h3-11H,2H2,1H3,(H,24,28). The molecule has 1 N–H and O–H groups in total. The highest BCUT2D eigenvalue weighted by atomic mass is 35.5. The zero-order chi connectivity index (χ0) is 24.4. The molecule has 0 aliphatic heterocycles. The lowest BCUT2D eigenvalue weighted by Gasteiger charge is -2.10. The van der Waals surface area contributed by atoms with Gasteiger partial charge in [0.15, 0.2) is 5.69 Å². The summed E-state index contributed by atoms with van der Waals surface area (Å²) in [5.74, 6) is -1.39. The van der Waals surface area contributed by atoms with Crippen LogP contribution in [0.15, 0.2) is 58.7 Å². The van der Waals surface area contributed by atoms with Crippen LogP contribution in [0.1, 0.15) is 27.8 Å². The van der Waals surface area contributed by atoms with E-state index in [-0.39, 0.29) is 39.3 Å². The minimum atomic E-state index is -0.732. The van der Waals surface area contributed by atoms with E-state index in [1.54, 1.807) is 31.2 Å². The second-order valence-electron chi connectivity index (χ2n) is 6.88. The molecule has 0 saturated carbocycles. The molecule has 0 aliphatic rings. The van der Waals surface area contributed by atoms with Crippen molar-refractivity contribution in [3.8, 4) is 5.69 Å². The number of ether oxygens (including phenoxy) is 1. The molecule has 1 amide bonds. The van der Waals surface area contributed by atoms with Crippen LogP contribution in [0.2, 0.25) is 5.02 Å². The van der Waals surface area contributed by atoms with Gasteiger partial charge in [-0.1, -0.05) is 17.7 Å². The first-order chi connectivity index (χ1) is 16.3. The minimum absolute atomic E-state index is 0.0356. The van der Waals surface area contributed by atoms with E-state index < -0.39 is 22.4 Å². The maximum Gasteiger partial charge on any atom is 0.359 e. The Morgan fingerprint density at radius 2 is 1.97 bits per heavy atom. The smallest absolute Gasteiger partial charge is 0.359 e. The summed E-state index contributed by atoms with van der Waals surface area (Å²) < 4.78 is 6.13. The highest BCUT2D eigenvalue weighted by Crippen LogP contribution is 2.31. The number of hydrogen-bond acceptors (Lipinski definition) is 8. The Hall–Kier alpha value is -4.09. The van der Waals surface area contributed by atoms with Gasteiger partial charge in [-0.2, -0.15) is 9.78 Å². The number of nitro benzene ring substituents is 1. The fraction of sp³-hybridized carbons (Fsp3) is 0.0909. The third-order valence-corrected chi connectivity index (χ3v) is 5.89. The number of nitrogens with one attached hydrogen (secondary N) is 1. The van der Waals surface area contributed by atoms with Gasteiger partial charge in [-0.25, -0.2) is 4.79 Å². The van der Waals surface area contributed by atoms with Crippen LogP contribution in [0.3, 0.4) is 0 Å². The summed E-state index contributed by atoms with van der Waals surface area (Å²) in [6.07, 6.45) is 0. The molecule has 0 unspecified atom stereocenters. The number of thiophene rings is 1. The number of benzene rings is 2. The van der Waals surface area contributed by atoms with Gasteiger partial charge in [0.25, 0.3) is 17.2 Å². The Kier molecular flexibility index (Phi) is 6.39. The number of aromatic nitrogens is 2. The van der Waals surface area contributed by atoms with Crippen LogP contribution in [0.25, 0.3) is 16.5 Å². The number of esters is 1. The van der Waals surface area contributed by atoms with Gasteiger partial charge < -0.3 is 10.1 Å². The number of hydrogen-bond donors (Lipinski definition) is 1. The van der Waals surface area contributed by atoms with Gasteiger partial charge in [0.05, 0.1) is 22.6 Å². The number of amides is 1. The molecule has 4 rings (SSSR count). The third-order valence-electron chi connectivity index (χ3n) is 4.74. The average Bonchev–Trinajstić information content (AvgIpc) is 3.24. The van der Waals surface area contributed by atoms with Crippen LogP contribution in [0.4, 0.5) is 10.7 Å². The maximum absolute atomic E-state index is 13.4. The molecular weight excluding hydrogens is 484 g/mol. The monoisotopic (exact) mass is 498 g/mol. The fourth-order valence-electron chi connectivity index (χ4n) is 3.19. The molecule has 172 valence electrons. The Morgan fingerprint density at radius 1 is 1.24 bits per heavy atom. The molecule has 0 radical (unpaired) electrons. The number of carbonyl (C=O) groups is 2. The number of carbonyl (C=O) groups excluding carboxylic acids is 2. The lowest BCUT2D eigenvalue weighted by atomic mass is 10.2. The van der Waals surface area contributed by atoms with Crippen molar-refractivity contribution < 1.29 is 19.2 Å². The molecule has 0 spiro atoms. The molecule has 0 fully saturated rings. The second-order valence-corrected chi connectivity index (χ2v) is 8.19. The average molecular weight is 499 g/mol. The number of halogens is 1. The minimum Gasteiger partial charge on any atom is -0.461 e. The highest BCUT2D eigenvalue weighted by Gasteiger charge is 2.23. The lowest BCUT2D eigenvalue weighted by Crippen LogP contribution is -2.25. The van der Waals surface area contributed by atoms with Crippen LogP contribution >= 0.6 is 22.9 Å². The molecule has 10 nitrogen and oxygen atoms in total. The van der Waals surface area contributed by atoms with Crippen LogP contribution in [-0.2, 0) is 4.74 Å². The van der Waals surface area contributed by atoms with E-state index in [4.69, 9.17) is 16.3 Å². The molecule has 2 aromatic heterocycles. The van der Waals surface area contributed by atoms with Crippen LogP contribution in [0.5, 0.6) is 0 Å². The predicted octanol–water partition coefficient (Wildman–Crippen LogP) is 4.44. The first kappa shape index (κ1) is 23.1. The number of non-ortho nitro benzene ring substituents is 1. The van der Waals surface area contributed by atoms with E-state index >= 15 is 0 Å². The summed E-state index contributed by atoms with van der Waals surface area (Å²) in [5, 5.41) is 20.3. The fourth-order valence-corrected chi connectivity index (χ4v) is 4.24. The molecule has 2 heterocycles. The normalized spacial score (nSPS) is 10.8. The van der Waals surface area contributed by atoms with Gasteiger partial charge in [0.2, 0.25) is 0 Å². The number of anilines is 1. The number of fused-ring (bicyclic) bond motifs is 1. The van der Waals surface area contributed by atoms with Gasteiger partial charge >= 0.3 is 5.97 Å². The number of rotatable bonds is 6. The van der Waals surface area contributed by atoms with Crippen molar-refractivity contribution in [2.45, 2.75) is 6.92 Å². The van der Waals surface area contributed by atoms with Gasteiger partial charge in [-0.15, -0.1) is 11.3 Å². The molecular formula is C22H15ClN4O6S. The Bertz CT molecular complexity index is 1500. The molecule has 12 heteroatoms. The van der Waals surface area contributed by atoms with Crippen molar-refractivity contribution in [2.75, 3.05) is 11.9 Å². The molecule has 0 saturated heterocycles. The van der Waals surface area contributed by atoms with Crippen molar-refractivity contribution in [1.82, 2.24) is 9.78 Å². The van der Waals surface area contributed by atoms with Crippen LogP contribution < -0.4 is 10.9 Å². The van der Waals surface area contributed by atoms with Crippen molar-refractivity contribution >= 4 is 56.3 Å². The second kappa shape index (κ2) is 9.41. The Morgan fingerprint density at radius 3 is 2.65 bits per heavy atom. The first-order valence-electron chi connectivity index (χ1n) is 9.83. The van der Waals surface area contributed by atoms with Crippen molar-refractivity contribution in [2.24, 2.45) is 0 Å². The van der Waals surface area contributed by atoms with Crippen molar-refractivity contribution in [1.29, 1.82) is 0 Å². The maximum atomic E-state index is 13.4. The topological polar surface area (TPSA) is 133 Å². The number of nitrogens with zero attached hydrogens (tertiary/aromatic N) is 3. The van der Waals surface area contributed by atoms with E-state index in [1.165, 1.54) is 23.6 Å². The molecule has 0 atom stereocenters. The van der Waals surface area contributed by atoms with Crippen LogP contribution in [-0.4, -0.2) is 33.2 Å². The summed E-state index contributed by atoms with van der Waals surface area (Å²) >= 11 is 6.96. The predicted molar refractivity (Wildman–Crippen MR) is 127 cm³/mol. The lowest BCUT2D eigenvalue weighted by molar-refractivity contribution is -0.384. The van der Waals surface area contributed by atoms with Gasteiger partial charge in [0, 0.05) is 33.5 Å². The molecule has 4 aromatic rings. The summed E-state index contributed by atoms with van der Waals surface area (Å²) in [7, 11) is 0. The van der Waals surface area contributed by atoms with Gasteiger partial charge in [0.1, 0.15) is 5.00 Å². The molecule has 0 bridgehead atoms. The van der Waals surface area contributed by atoms with E-state index in [0.717, 1.165) is 22.1 Å². The zero-order valence-electron chi connectivity index (χ0n) is 17.5. The summed E-state index contributed by atoms with van der Waals surface area (Å²) in [6.45, 7) is 1.74. The quantitative estimate of drug-likeness (QED) is 0.236. The van der Waals surface area contributed by atoms with Gasteiger partial charge in [-0.3, -0.25) is 19.7 Å². The summed E-state index contributed by atoms with van der Waals surface area (Å²) in [5.41, 5.74) is -0.542. The summed E-state index contributed by atoms with van der Waals surface area (Å²) in [6, 6.07) is 11.4. The third kappa shape index (κ3) is 4.38. The van der Waals surface area contributed by atoms with Crippen LogP contribution in [0, 0.1) is 10.1 Å². The SMILES string of the molecule is CCOC(=O)c1nn(-c2ccc(Cl)cc2)c(=O)c2c(NC(=O)c3cccc([N+](=O)[O-])c3)scc12. The Balaban J connectivity index is 1.85. The summed E-state index contributed by atoms with van der Waals surface area (Å²) in [4.78, 5) is 49.2. The largest absolute Gasteiger partial charge is 0.461 e. The van der Waals surface area contributed by atoms with E-state index in [1.807, 2.05) is 0 Å². The molecule has 0 aliphatic carbocycles. The molecule has 34 heavy (non-hydrogen) atoms. The number of nitro groups is 1. The van der Waals surface area contributed by atoms with E-state index in [0.29, 0.717) is 10.7 Å². The Labute approximate surface area is 200 Å². The zero-order valence-corrected chi connectivity index (χ0v) is 19.1. The van der Waals surface area contributed by atoms with Crippen molar-refractivity contribution in [3.63, 3.8) is 0 Å².